The standard InChI is InChI=1S/C6H7N3/c1-2-8-6-5(1)7-3-4-9-6/h1-2H,3-4H2,(H,8,9). The van der Waals surface area contributed by atoms with E-state index in [0.29, 0.717) is 0 Å². The number of nitrogens with zero attached hydrogens (tertiary/aromatic N) is 2. The molecule has 0 saturated heterocycles. The molecule has 0 unspecified atom stereocenters. The molecule has 2 rings (SSSR count). The number of nitrogens with one attached hydrogen (secondary N) is 1. The van der Waals surface area contributed by atoms with Crippen LogP contribution >= 0.6 is 0 Å². The summed E-state index contributed by atoms with van der Waals surface area (Å²) in [5.74, 6) is 0. The van der Waals surface area contributed by atoms with Gasteiger partial charge in [-0.1, -0.05) is 0 Å². The van der Waals surface area contributed by atoms with Crippen LogP contribution in [0.4, 0.5) is 0 Å². The molecular weight excluding hydrogens is 114 g/mol. The zero-order chi connectivity index (χ0) is 6.10. The third kappa shape index (κ3) is 0.650. The summed E-state index contributed by atoms with van der Waals surface area (Å²) in [4.78, 5) is 11.4. The minimum absolute atomic E-state index is 0.827. The van der Waals surface area contributed by atoms with Crippen LogP contribution in [0.5, 0.6) is 0 Å². The van der Waals surface area contributed by atoms with Gasteiger partial charge >= 0.3 is 0 Å². The highest BCUT2D eigenvalue weighted by molar-refractivity contribution is 4.90. The Hall–Kier alpha value is -1.12. The lowest BCUT2D eigenvalue weighted by molar-refractivity contribution is 0.851. The van der Waals surface area contributed by atoms with Crippen molar-refractivity contribution in [2.45, 2.75) is 0 Å². The van der Waals surface area contributed by atoms with Gasteiger partial charge in [0.15, 0.2) is 5.49 Å². The second-order valence-electron chi connectivity index (χ2n) is 1.97. The number of aromatic nitrogens is 1. The van der Waals surface area contributed by atoms with E-state index in [4.69, 9.17) is 0 Å². The van der Waals surface area contributed by atoms with Crippen LogP contribution in [-0.4, -0.2) is 18.1 Å². The maximum atomic E-state index is 4.23. The molecule has 0 fully saturated rings. The number of H-pyrrole nitrogens is 1. The van der Waals surface area contributed by atoms with E-state index in [-0.39, 0.29) is 0 Å². The number of fused-ring (bicyclic) bond motifs is 1. The highest BCUT2D eigenvalue weighted by atomic mass is 14.9. The Morgan fingerprint density at radius 3 is 3.11 bits per heavy atom. The minimum atomic E-state index is 0.827. The summed E-state index contributed by atoms with van der Waals surface area (Å²) < 4.78 is 0. The Bertz CT molecular complexity index is 279. The molecule has 1 aromatic rings. The van der Waals surface area contributed by atoms with Crippen molar-refractivity contribution in [3.63, 3.8) is 0 Å². The molecule has 1 aliphatic heterocycles. The van der Waals surface area contributed by atoms with Crippen LogP contribution in [0.25, 0.3) is 0 Å². The third-order valence-electron chi connectivity index (χ3n) is 1.36. The molecule has 0 spiro atoms. The lowest BCUT2D eigenvalue weighted by Gasteiger charge is -1.91. The van der Waals surface area contributed by atoms with Crippen molar-refractivity contribution in [3.05, 3.63) is 23.1 Å². The summed E-state index contributed by atoms with van der Waals surface area (Å²) in [5.41, 5.74) is 0.932. The first-order valence-corrected chi connectivity index (χ1v) is 2.99. The topological polar surface area (TPSA) is 40.5 Å². The molecule has 3 nitrogen and oxygen atoms in total. The Labute approximate surface area is 52.2 Å². The predicted molar refractivity (Wildman–Crippen MR) is 32.8 cm³/mol. The highest BCUT2D eigenvalue weighted by Crippen LogP contribution is 1.74. The number of rotatable bonds is 0. The molecule has 9 heavy (non-hydrogen) atoms. The summed E-state index contributed by atoms with van der Waals surface area (Å²) in [6, 6.07) is 1.94. The van der Waals surface area contributed by atoms with Gasteiger partial charge < -0.3 is 4.98 Å². The molecule has 0 atom stereocenters. The lowest BCUT2D eigenvalue weighted by atomic mass is 10.5. The normalized spacial score (nSPS) is 15.6. The summed E-state index contributed by atoms with van der Waals surface area (Å²) in [6.45, 7) is 1.67. The van der Waals surface area contributed by atoms with Crippen molar-refractivity contribution in [1.29, 1.82) is 0 Å². The third-order valence-corrected chi connectivity index (χ3v) is 1.36. The van der Waals surface area contributed by atoms with Crippen LogP contribution in [0.1, 0.15) is 0 Å². The quantitative estimate of drug-likeness (QED) is 0.470. The molecule has 0 aromatic carbocycles. The van der Waals surface area contributed by atoms with E-state index in [1.54, 1.807) is 0 Å². The first-order chi connectivity index (χ1) is 4.47. The molecule has 3 heteroatoms. The van der Waals surface area contributed by atoms with Gasteiger partial charge in [-0.15, -0.1) is 0 Å². The van der Waals surface area contributed by atoms with Gasteiger partial charge in [0, 0.05) is 6.20 Å². The fraction of sp³-hybridized carbons (Fsp3) is 0.333. The number of hydrogen-bond donors (Lipinski definition) is 1. The van der Waals surface area contributed by atoms with E-state index in [0.717, 1.165) is 23.9 Å². The van der Waals surface area contributed by atoms with Crippen molar-refractivity contribution in [3.8, 4) is 0 Å². The summed E-state index contributed by atoms with van der Waals surface area (Å²) in [5, 5.41) is 1.00. The fourth-order valence-corrected chi connectivity index (χ4v) is 0.939. The van der Waals surface area contributed by atoms with Crippen molar-refractivity contribution in [2.24, 2.45) is 9.98 Å². The Kier molecular flexibility index (Phi) is 0.886. The SMILES string of the molecule is c1cc2c([nH]1)=NCCN=2. The van der Waals surface area contributed by atoms with E-state index in [1.165, 1.54) is 0 Å². The maximum absolute atomic E-state index is 4.23. The summed E-state index contributed by atoms with van der Waals surface area (Å²) in [6.07, 6.45) is 1.86. The van der Waals surface area contributed by atoms with Crippen molar-refractivity contribution in [1.82, 2.24) is 4.98 Å². The van der Waals surface area contributed by atoms with Gasteiger partial charge in [-0.25, -0.2) is 0 Å². The fourth-order valence-electron chi connectivity index (χ4n) is 0.939. The largest absolute Gasteiger partial charge is 0.345 e. The zero-order valence-corrected chi connectivity index (χ0v) is 4.96. The van der Waals surface area contributed by atoms with Gasteiger partial charge in [-0.05, 0) is 6.07 Å². The molecule has 0 aliphatic carbocycles. The molecule has 0 saturated carbocycles. The van der Waals surface area contributed by atoms with Crippen LogP contribution in [0.2, 0.25) is 0 Å². The average molecular weight is 121 g/mol. The van der Waals surface area contributed by atoms with Gasteiger partial charge in [0.25, 0.3) is 0 Å². The van der Waals surface area contributed by atoms with E-state index in [2.05, 4.69) is 15.0 Å². The monoisotopic (exact) mass is 121 g/mol. The molecule has 0 amide bonds. The van der Waals surface area contributed by atoms with E-state index >= 15 is 0 Å². The zero-order valence-electron chi connectivity index (χ0n) is 4.96. The number of hydrogen-bond acceptors (Lipinski definition) is 2. The average Bonchev–Trinajstić information content (AvgIpc) is 2.33. The number of aromatic amines is 1. The molecule has 1 aromatic heterocycles. The molecule has 1 N–H and O–H groups in total. The van der Waals surface area contributed by atoms with Crippen LogP contribution in [0.15, 0.2) is 22.2 Å². The van der Waals surface area contributed by atoms with E-state index < -0.39 is 0 Å². The van der Waals surface area contributed by atoms with E-state index in [1.807, 2.05) is 12.3 Å². The second-order valence-corrected chi connectivity index (χ2v) is 1.97. The second kappa shape index (κ2) is 1.69. The summed E-state index contributed by atoms with van der Waals surface area (Å²) in [7, 11) is 0. The van der Waals surface area contributed by atoms with Gasteiger partial charge in [0.05, 0.1) is 13.1 Å². The molecule has 0 bridgehead atoms. The first kappa shape index (κ1) is 4.73. The lowest BCUT2D eigenvalue weighted by Crippen LogP contribution is -2.27. The maximum Gasteiger partial charge on any atom is 0.150 e. The van der Waals surface area contributed by atoms with Crippen LogP contribution in [0, 0.1) is 0 Å². The van der Waals surface area contributed by atoms with Crippen molar-refractivity contribution < 1.29 is 0 Å². The van der Waals surface area contributed by atoms with Gasteiger partial charge in [-0.3, -0.25) is 9.98 Å². The molecular formula is C6H7N3. The van der Waals surface area contributed by atoms with Gasteiger partial charge in [0.2, 0.25) is 0 Å². The minimum Gasteiger partial charge on any atom is -0.345 e. The first-order valence-electron chi connectivity index (χ1n) is 2.99. The van der Waals surface area contributed by atoms with Crippen LogP contribution in [-0.2, 0) is 0 Å². The molecule has 2 heterocycles. The van der Waals surface area contributed by atoms with Gasteiger partial charge in [-0.2, -0.15) is 0 Å². The van der Waals surface area contributed by atoms with Crippen LogP contribution < -0.4 is 10.8 Å². The smallest absolute Gasteiger partial charge is 0.150 e. The Balaban J connectivity index is 2.89. The molecule has 46 valence electrons. The van der Waals surface area contributed by atoms with Crippen LogP contribution in [0.3, 0.4) is 0 Å². The highest BCUT2D eigenvalue weighted by Gasteiger charge is 1.92. The summed E-state index contributed by atoms with van der Waals surface area (Å²) >= 11 is 0. The molecule has 0 radical (unpaired) electrons. The molecule has 1 aliphatic rings. The predicted octanol–water partition coefficient (Wildman–Crippen LogP) is -0.733. The Morgan fingerprint density at radius 2 is 2.22 bits per heavy atom. The van der Waals surface area contributed by atoms with Crippen molar-refractivity contribution >= 4 is 0 Å². The van der Waals surface area contributed by atoms with E-state index in [9.17, 15) is 0 Å². The van der Waals surface area contributed by atoms with Crippen molar-refractivity contribution in [2.75, 3.05) is 13.1 Å². The Morgan fingerprint density at radius 1 is 1.33 bits per heavy atom. The van der Waals surface area contributed by atoms with Gasteiger partial charge in [0.1, 0.15) is 5.36 Å².